The van der Waals surface area contributed by atoms with Gasteiger partial charge in [0.2, 0.25) is 5.89 Å². The number of nitrogens with zero attached hydrogens (tertiary/aromatic N) is 4. The molecule has 0 N–H and O–H groups in total. The van der Waals surface area contributed by atoms with E-state index in [1.54, 1.807) is 0 Å². The van der Waals surface area contributed by atoms with Crippen LogP contribution in [0.3, 0.4) is 0 Å². The summed E-state index contributed by atoms with van der Waals surface area (Å²) in [4.78, 5) is 9.20. The number of rotatable bonds is 5. The van der Waals surface area contributed by atoms with Crippen molar-refractivity contribution in [3.63, 3.8) is 0 Å². The molecule has 0 spiro atoms. The molecule has 2 aromatic rings. The van der Waals surface area contributed by atoms with Gasteiger partial charge < -0.3 is 9.42 Å². The van der Waals surface area contributed by atoms with Gasteiger partial charge in [-0.25, -0.2) is 0 Å². The molecule has 1 aliphatic rings. The number of anilines is 1. The highest BCUT2D eigenvalue weighted by atomic mass is 35.5. The Labute approximate surface area is 142 Å². The van der Waals surface area contributed by atoms with E-state index in [-0.39, 0.29) is 0 Å². The minimum Gasteiger partial charge on any atom is -0.369 e. The van der Waals surface area contributed by atoms with Gasteiger partial charge in [-0.15, -0.1) is 0 Å². The molecule has 0 bridgehead atoms. The molecule has 3 rings (SSSR count). The lowest BCUT2D eigenvalue weighted by Crippen LogP contribution is -2.46. The van der Waals surface area contributed by atoms with E-state index in [2.05, 4.69) is 45.9 Å². The number of piperazine rings is 1. The first kappa shape index (κ1) is 16.3. The molecule has 0 radical (unpaired) electrons. The number of hydrogen-bond acceptors (Lipinski definition) is 5. The summed E-state index contributed by atoms with van der Waals surface area (Å²) < 4.78 is 5.33. The molecule has 23 heavy (non-hydrogen) atoms. The third-order valence-corrected chi connectivity index (χ3v) is 4.46. The van der Waals surface area contributed by atoms with Gasteiger partial charge in [-0.2, -0.15) is 4.98 Å². The normalized spacial score (nSPS) is 16.0. The second-order valence-electron chi connectivity index (χ2n) is 6.05. The Balaban J connectivity index is 1.56. The summed E-state index contributed by atoms with van der Waals surface area (Å²) in [5, 5.41) is 4.81. The maximum Gasteiger partial charge on any atom is 0.240 e. The van der Waals surface area contributed by atoms with E-state index in [4.69, 9.17) is 16.1 Å². The van der Waals surface area contributed by atoms with Crippen LogP contribution in [0.5, 0.6) is 0 Å². The van der Waals surface area contributed by atoms with Crippen molar-refractivity contribution in [2.45, 2.75) is 33.2 Å². The molecule has 1 aromatic heterocycles. The van der Waals surface area contributed by atoms with Crippen LogP contribution in [0, 0.1) is 6.92 Å². The van der Waals surface area contributed by atoms with Crippen molar-refractivity contribution in [1.82, 2.24) is 15.0 Å². The minimum atomic E-state index is 0.723. The third kappa shape index (κ3) is 4.03. The second kappa shape index (κ2) is 7.32. The van der Waals surface area contributed by atoms with Gasteiger partial charge in [0.15, 0.2) is 5.82 Å². The summed E-state index contributed by atoms with van der Waals surface area (Å²) in [7, 11) is 0. The second-order valence-corrected chi connectivity index (χ2v) is 6.48. The number of hydrogen-bond donors (Lipinski definition) is 0. The van der Waals surface area contributed by atoms with E-state index in [1.807, 2.05) is 6.07 Å². The minimum absolute atomic E-state index is 0.723. The van der Waals surface area contributed by atoms with Crippen LogP contribution >= 0.6 is 11.6 Å². The zero-order chi connectivity index (χ0) is 16.2. The molecule has 5 nitrogen and oxygen atoms in total. The van der Waals surface area contributed by atoms with Crippen molar-refractivity contribution in [2.24, 2.45) is 0 Å². The molecular weight excluding hydrogens is 312 g/mol. The van der Waals surface area contributed by atoms with Crippen molar-refractivity contribution in [3.8, 4) is 0 Å². The smallest absolute Gasteiger partial charge is 0.240 e. The molecule has 0 saturated carbocycles. The maximum atomic E-state index is 6.14. The van der Waals surface area contributed by atoms with Gasteiger partial charge in [-0.3, -0.25) is 4.90 Å². The van der Waals surface area contributed by atoms with Crippen LogP contribution in [-0.2, 0) is 13.0 Å². The zero-order valence-corrected chi connectivity index (χ0v) is 14.5. The molecule has 6 heteroatoms. The fourth-order valence-corrected chi connectivity index (χ4v) is 3.11. The Morgan fingerprint density at radius 2 is 2.00 bits per heavy atom. The molecule has 0 unspecified atom stereocenters. The summed E-state index contributed by atoms with van der Waals surface area (Å²) in [6.45, 7) is 8.92. The fraction of sp³-hybridized carbons (Fsp3) is 0.529. The monoisotopic (exact) mass is 334 g/mol. The van der Waals surface area contributed by atoms with Crippen LogP contribution in [0.1, 0.15) is 30.6 Å². The van der Waals surface area contributed by atoms with Crippen LogP contribution in [0.2, 0.25) is 5.02 Å². The van der Waals surface area contributed by atoms with E-state index < -0.39 is 0 Å². The van der Waals surface area contributed by atoms with Crippen LogP contribution in [0.4, 0.5) is 5.69 Å². The first-order valence-electron chi connectivity index (χ1n) is 8.20. The number of halogens is 1. The molecule has 2 heterocycles. The highest BCUT2D eigenvalue weighted by Crippen LogP contribution is 2.25. The Kier molecular flexibility index (Phi) is 5.18. The summed E-state index contributed by atoms with van der Waals surface area (Å²) in [5.41, 5.74) is 2.50. The van der Waals surface area contributed by atoms with Gasteiger partial charge in [0.05, 0.1) is 6.54 Å². The molecule has 0 amide bonds. The average Bonchev–Trinajstić information content (AvgIpc) is 2.98. The first-order valence-corrected chi connectivity index (χ1v) is 8.58. The largest absolute Gasteiger partial charge is 0.369 e. The molecular formula is C17H23ClN4O. The van der Waals surface area contributed by atoms with Crippen molar-refractivity contribution in [1.29, 1.82) is 0 Å². The van der Waals surface area contributed by atoms with Gasteiger partial charge in [0.1, 0.15) is 0 Å². The summed E-state index contributed by atoms with van der Waals surface area (Å²) in [6, 6.07) is 6.08. The predicted molar refractivity (Wildman–Crippen MR) is 92.0 cm³/mol. The van der Waals surface area contributed by atoms with E-state index in [9.17, 15) is 0 Å². The molecule has 1 aliphatic heterocycles. The molecule has 0 aliphatic carbocycles. The standard InChI is InChI=1S/C17H23ClN4O/c1-3-4-16-19-17(23-20-16)12-21-7-9-22(10-8-21)15-11-14(18)6-5-13(15)2/h5-6,11H,3-4,7-10,12H2,1-2H3. The van der Waals surface area contributed by atoms with E-state index in [1.165, 1.54) is 11.3 Å². The van der Waals surface area contributed by atoms with Gasteiger partial charge in [-0.05, 0) is 31.0 Å². The van der Waals surface area contributed by atoms with Gasteiger partial charge >= 0.3 is 0 Å². The lowest BCUT2D eigenvalue weighted by Gasteiger charge is -2.36. The fourth-order valence-electron chi connectivity index (χ4n) is 2.94. The Morgan fingerprint density at radius 3 is 2.74 bits per heavy atom. The molecule has 1 aromatic carbocycles. The van der Waals surface area contributed by atoms with E-state index >= 15 is 0 Å². The highest BCUT2D eigenvalue weighted by Gasteiger charge is 2.20. The lowest BCUT2D eigenvalue weighted by atomic mass is 10.1. The Hall–Kier alpha value is -1.59. The molecule has 1 saturated heterocycles. The quantitative estimate of drug-likeness (QED) is 0.839. The lowest BCUT2D eigenvalue weighted by molar-refractivity contribution is 0.215. The van der Waals surface area contributed by atoms with Crippen molar-refractivity contribution in [2.75, 3.05) is 31.1 Å². The van der Waals surface area contributed by atoms with Crippen molar-refractivity contribution in [3.05, 3.63) is 40.5 Å². The van der Waals surface area contributed by atoms with E-state index in [0.29, 0.717) is 0 Å². The first-order chi connectivity index (χ1) is 11.2. The summed E-state index contributed by atoms with van der Waals surface area (Å²) in [6.07, 6.45) is 1.92. The number of aromatic nitrogens is 2. The Morgan fingerprint density at radius 1 is 1.22 bits per heavy atom. The number of benzene rings is 1. The van der Waals surface area contributed by atoms with Crippen molar-refractivity contribution >= 4 is 17.3 Å². The highest BCUT2D eigenvalue weighted by molar-refractivity contribution is 6.30. The van der Waals surface area contributed by atoms with Crippen LogP contribution in [-0.4, -0.2) is 41.2 Å². The van der Waals surface area contributed by atoms with Crippen LogP contribution in [0.15, 0.2) is 22.7 Å². The summed E-state index contributed by atoms with van der Waals surface area (Å²) in [5.74, 6) is 1.54. The summed E-state index contributed by atoms with van der Waals surface area (Å²) >= 11 is 6.14. The Bertz CT molecular complexity index is 650. The van der Waals surface area contributed by atoms with Gasteiger partial charge in [0.25, 0.3) is 0 Å². The van der Waals surface area contributed by atoms with Gasteiger partial charge in [-0.1, -0.05) is 29.7 Å². The van der Waals surface area contributed by atoms with E-state index in [0.717, 1.165) is 62.3 Å². The van der Waals surface area contributed by atoms with Crippen molar-refractivity contribution < 1.29 is 4.52 Å². The zero-order valence-electron chi connectivity index (χ0n) is 13.8. The van der Waals surface area contributed by atoms with Gasteiger partial charge in [0, 0.05) is 43.3 Å². The van der Waals surface area contributed by atoms with Crippen LogP contribution < -0.4 is 4.90 Å². The maximum absolute atomic E-state index is 6.14. The topological polar surface area (TPSA) is 45.4 Å². The number of aryl methyl sites for hydroxylation is 2. The molecule has 124 valence electrons. The SMILES string of the molecule is CCCc1noc(CN2CCN(c3cc(Cl)ccc3C)CC2)n1. The predicted octanol–water partition coefficient (Wildman–Crippen LogP) is 3.31. The molecule has 1 fully saturated rings. The average molecular weight is 335 g/mol. The van der Waals surface area contributed by atoms with Crippen LogP contribution in [0.25, 0.3) is 0 Å². The third-order valence-electron chi connectivity index (χ3n) is 4.23. The molecule has 0 atom stereocenters.